The summed E-state index contributed by atoms with van der Waals surface area (Å²) in [5.74, 6) is 1.16. The van der Waals surface area contributed by atoms with Gasteiger partial charge in [0, 0.05) is 18.9 Å². The lowest BCUT2D eigenvalue weighted by Crippen LogP contribution is -2.20. The summed E-state index contributed by atoms with van der Waals surface area (Å²) in [5.41, 5.74) is 1.74. The third-order valence-electron chi connectivity index (χ3n) is 3.38. The first kappa shape index (κ1) is 16.4. The summed E-state index contributed by atoms with van der Waals surface area (Å²) in [6, 6.07) is 16.7. The monoisotopic (exact) mass is 334 g/mol. The molecule has 2 aromatic heterocycles. The SMILES string of the molecule is O=C(COc1ccccc1)Nc1ccc(NCc2ccncc2)nc1. The fourth-order valence-corrected chi connectivity index (χ4v) is 2.13. The van der Waals surface area contributed by atoms with Crippen molar-refractivity contribution < 1.29 is 9.53 Å². The molecule has 0 saturated heterocycles. The van der Waals surface area contributed by atoms with Crippen LogP contribution in [0.5, 0.6) is 5.75 Å². The maximum absolute atomic E-state index is 11.9. The van der Waals surface area contributed by atoms with Gasteiger partial charge in [0.2, 0.25) is 0 Å². The summed E-state index contributed by atoms with van der Waals surface area (Å²) >= 11 is 0. The molecule has 126 valence electrons. The largest absolute Gasteiger partial charge is 0.484 e. The van der Waals surface area contributed by atoms with Gasteiger partial charge in [-0.3, -0.25) is 9.78 Å². The number of amides is 1. The number of aromatic nitrogens is 2. The van der Waals surface area contributed by atoms with Crippen molar-refractivity contribution in [3.05, 3.63) is 78.8 Å². The van der Waals surface area contributed by atoms with E-state index in [1.807, 2.05) is 36.4 Å². The molecule has 0 fully saturated rings. The Hall–Kier alpha value is -3.41. The number of benzene rings is 1. The maximum atomic E-state index is 11.9. The average Bonchev–Trinajstić information content (AvgIpc) is 2.67. The molecular weight excluding hydrogens is 316 g/mol. The van der Waals surface area contributed by atoms with Crippen molar-refractivity contribution in [3.63, 3.8) is 0 Å². The quantitative estimate of drug-likeness (QED) is 0.694. The molecule has 0 unspecified atom stereocenters. The van der Waals surface area contributed by atoms with Gasteiger partial charge < -0.3 is 15.4 Å². The van der Waals surface area contributed by atoms with E-state index in [9.17, 15) is 4.79 Å². The van der Waals surface area contributed by atoms with Gasteiger partial charge >= 0.3 is 0 Å². The van der Waals surface area contributed by atoms with Crippen molar-refractivity contribution in [1.29, 1.82) is 0 Å². The maximum Gasteiger partial charge on any atom is 0.262 e. The molecule has 2 N–H and O–H groups in total. The molecule has 0 aliphatic carbocycles. The second-order valence-electron chi connectivity index (χ2n) is 5.29. The second-order valence-corrected chi connectivity index (χ2v) is 5.29. The molecule has 1 amide bonds. The van der Waals surface area contributed by atoms with E-state index in [2.05, 4.69) is 20.6 Å². The normalized spacial score (nSPS) is 10.1. The van der Waals surface area contributed by atoms with Gasteiger partial charge in [-0.25, -0.2) is 4.98 Å². The van der Waals surface area contributed by atoms with Crippen LogP contribution in [0.15, 0.2) is 73.2 Å². The van der Waals surface area contributed by atoms with Gasteiger partial charge in [0.15, 0.2) is 6.61 Å². The number of carbonyl (C=O) groups excluding carboxylic acids is 1. The van der Waals surface area contributed by atoms with Crippen molar-refractivity contribution in [2.24, 2.45) is 0 Å². The van der Waals surface area contributed by atoms with Crippen LogP contribution in [0.4, 0.5) is 11.5 Å². The van der Waals surface area contributed by atoms with Crippen LogP contribution >= 0.6 is 0 Å². The summed E-state index contributed by atoms with van der Waals surface area (Å²) in [6.07, 6.45) is 5.11. The lowest BCUT2D eigenvalue weighted by molar-refractivity contribution is -0.118. The van der Waals surface area contributed by atoms with Gasteiger partial charge in [0.1, 0.15) is 11.6 Å². The fourth-order valence-electron chi connectivity index (χ4n) is 2.13. The van der Waals surface area contributed by atoms with Crippen LogP contribution in [0.2, 0.25) is 0 Å². The van der Waals surface area contributed by atoms with E-state index < -0.39 is 0 Å². The Morgan fingerprint density at radius 2 is 1.80 bits per heavy atom. The number of hydrogen-bond donors (Lipinski definition) is 2. The lowest BCUT2D eigenvalue weighted by Gasteiger charge is -2.09. The summed E-state index contributed by atoms with van der Waals surface area (Å²) < 4.78 is 5.40. The van der Waals surface area contributed by atoms with Gasteiger partial charge in [-0.1, -0.05) is 18.2 Å². The van der Waals surface area contributed by atoms with Crippen molar-refractivity contribution in [2.45, 2.75) is 6.54 Å². The zero-order valence-electron chi connectivity index (χ0n) is 13.6. The zero-order chi connectivity index (χ0) is 17.3. The summed E-state index contributed by atoms with van der Waals surface area (Å²) in [4.78, 5) is 20.2. The number of anilines is 2. The van der Waals surface area contributed by atoms with E-state index >= 15 is 0 Å². The standard InChI is InChI=1S/C19H18N4O2/c24-19(14-25-17-4-2-1-3-5-17)23-16-6-7-18(22-13-16)21-12-15-8-10-20-11-9-15/h1-11,13H,12,14H2,(H,21,22)(H,23,24). The van der Waals surface area contributed by atoms with E-state index in [-0.39, 0.29) is 12.5 Å². The Kier molecular flexibility index (Phi) is 5.56. The third-order valence-corrected chi connectivity index (χ3v) is 3.38. The number of ether oxygens (including phenoxy) is 1. The minimum absolute atomic E-state index is 0.0495. The Bertz CT molecular complexity index is 793. The van der Waals surface area contributed by atoms with E-state index in [0.717, 1.165) is 11.4 Å². The molecule has 0 radical (unpaired) electrons. The predicted octanol–water partition coefficient (Wildman–Crippen LogP) is 3.11. The molecule has 2 heterocycles. The van der Waals surface area contributed by atoms with Crippen LogP contribution in [0.25, 0.3) is 0 Å². The zero-order valence-corrected chi connectivity index (χ0v) is 13.6. The van der Waals surface area contributed by atoms with Crippen LogP contribution in [0.3, 0.4) is 0 Å². The molecule has 0 spiro atoms. The van der Waals surface area contributed by atoms with Crippen LogP contribution in [-0.2, 0) is 11.3 Å². The first-order chi connectivity index (χ1) is 12.3. The molecule has 0 aliphatic heterocycles. The van der Waals surface area contributed by atoms with Crippen molar-refractivity contribution >= 4 is 17.4 Å². The van der Waals surface area contributed by atoms with Crippen LogP contribution < -0.4 is 15.4 Å². The van der Waals surface area contributed by atoms with E-state index in [0.29, 0.717) is 18.0 Å². The molecule has 3 aromatic rings. The predicted molar refractivity (Wildman–Crippen MR) is 96.4 cm³/mol. The van der Waals surface area contributed by atoms with Gasteiger partial charge in [0.05, 0.1) is 11.9 Å². The van der Waals surface area contributed by atoms with Gasteiger partial charge in [-0.2, -0.15) is 0 Å². The van der Waals surface area contributed by atoms with Gasteiger partial charge in [-0.05, 0) is 42.0 Å². The molecule has 25 heavy (non-hydrogen) atoms. The molecule has 6 nitrogen and oxygen atoms in total. The number of carbonyl (C=O) groups is 1. The molecule has 3 rings (SSSR count). The Balaban J connectivity index is 1.46. The molecule has 0 saturated carbocycles. The molecule has 0 bridgehead atoms. The van der Waals surface area contributed by atoms with Crippen LogP contribution in [-0.4, -0.2) is 22.5 Å². The van der Waals surface area contributed by atoms with E-state index in [1.54, 1.807) is 36.8 Å². The molecule has 1 aromatic carbocycles. The highest BCUT2D eigenvalue weighted by Gasteiger charge is 2.04. The number of para-hydroxylation sites is 1. The number of hydrogen-bond acceptors (Lipinski definition) is 5. The highest BCUT2D eigenvalue weighted by molar-refractivity contribution is 5.91. The first-order valence-electron chi connectivity index (χ1n) is 7.86. The topological polar surface area (TPSA) is 76.1 Å². The Labute approximate surface area is 145 Å². The van der Waals surface area contributed by atoms with Crippen molar-refractivity contribution in [1.82, 2.24) is 9.97 Å². The number of rotatable bonds is 7. The minimum atomic E-state index is -0.233. The highest BCUT2D eigenvalue weighted by atomic mass is 16.5. The average molecular weight is 334 g/mol. The lowest BCUT2D eigenvalue weighted by atomic mass is 10.3. The van der Waals surface area contributed by atoms with E-state index in [4.69, 9.17) is 4.74 Å². The number of nitrogens with zero attached hydrogens (tertiary/aromatic N) is 2. The molecule has 0 atom stereocenters. The summed E-state index contributed by atoms with van der Waals surface area (Å²) in [6.45, 7) is 0.609. The minimum Gasteiger partial charge on any atom is -0.484 e. The van der Waals surface area contributed by atoms with Crippen LogP contribution in [0.1, 0.15) is 5.56 Å². The Morgan fingerprint density at radius 3 is 2.52 bits per heavy atom. The fraction of sp³-hybridized carbons (Fsp3) is 0.105. The molecule has 6 heteroatoms. The van der Waals surface area contributed by atoms with Gasteiger partial charge in [0.25, 0.3) is 5.91 Å². The number of nitrogens with one attached hydrogen (secondary N) is 2. The molecule has 0 aliphatic rings. The van der Waals surface area contributed by atoms with Crippen LogP contribution in [0, 0.1) is 0 Å². The van der Waals surface area contributed by atoms with E-state index in [1.165, 1.54) is 0 Å². The second kappa shape index (κ2) is 8.44. The van der Waals surface area contributed by atoms with Crippen molar-refractivity contribution in [3.8, 4) is 5.75 Å². The summed E-state index contributed by atoms with van der Waals surface area (Å²) in [7, 11) is 0. The smallest absolute Gasteiger partial charge is 0.262 e. The van der Waals surface area contributed by atoms with Gasteiger partial charge in [-0.15, -0.1) is 0 Å². The third kappa shape index (κ3) is 5.31. The van der Waals surface area contributed by atoms with Crippen molar-refractivity contribution in [2.75, 3.05) is 17.2 Å². The first-order valence-corrected chi connectivity index (χ1v) is 7.86. The molecular formula is C19H18N4O2. The highest BCUT2D eigenvalue weighted by Crippen LogP contribution is 2.12. The Morgan fingerprint density at radius 1 is 1.00 bits per heavy atom. The number of pyridine rings is 2. The summed E-state index contributed by atoms with van der Waals surface area (Å²) in [5, 5.41) is 5.96.